The molecule has 0 bridgehead atoms. The maximum Gasteiger partial charge on any atom is 0.221 e. The molecule has 0 heterocycles. The average molecular weight is 206 g/mol. The Morgan fingerprint density at radius 2 is 1.90 bits per heavy atom. The second-order valence-electron chi connectivity index (χ2n) is 1.48. The number of alkyl halides is 2. The summed E-state index contributed by atoms with van der Waals surface area (Å²) >= 11 is 10.6. The maximum atomic E-state index is 10.5. The normalized spacial score (nSPS) is 8.20. The van der Waals surface area contributed by atoms with E-state index >= 15 is 0 Å². The van der Waals surface area contributed by atoms with Gasteiger partial charge >= 0.3 is 0 Å². The van der Waals surface area contributed by atoms with E-state index in [2.05, 4.69) is 5.32 Å². The Morgan fingerprint density at radius 1 is 1.30 bits per heavy atom. The zero-order valence-corrected chi connectivity index (χ0v) is 7.73. The molecular formula is C5H10Cl3NO. The van der Waals surface area contributed by atoms with E-state index in [1.165, 1.54) is 0 Å². The van der Waals surface area contributed by atoms with Crippen LogP contribution in [0.1, 0.15) is 6.42 Å². The van der Waals surface area contributed by atoms with Crippen LogP contribution in [0.2, 0.25) is 0 Å². The smallest absolute Gasteiger partial charge is 0.221 e. The van der Waals surface area contributed by atoms with Gasteiger partial charge in [-0.15, -0.1) is 35.6 Å². The summed E-state index contributed by atoms with van der Waals surface area (Å²) in [6.07, 6.45) is 0.373. The summed E-state index contributed by atoms with van der Waals surface area (Å²) < 4.78 is 0. The van der Waals surface area contributed by atoms with Crippen LogP contribution in [0, 0.1) is 0 Å². The van der Waals surface area contributed by atoms with Crippen LogP contribution >= 0.6 is 35.6 Å². The van der Waals surface area contributed by atoms with E-state index in [1.807, 2.05) is 0 Å². The first kappa shape index (κ1) is 13.0. The third kappa shape index (κ3) is 8.34. The van der Waals surface area contributed by atoms with Crippen LogP contribution in [0.5, 0.6) is 0 Å². The van der Waals surface area contributed by atoms with Crippen LogP contribution in [0.4, 0.5) is 0 Å². The fourth-order valence-electron chi connectivity index (χ4n) is 0.361. The lowest BCUT2D eigenvalue weighted by Crippen LogP contribution is -2.25. The van der Waals surface area contributed by atoms with Gasteiger partial charge < -0.3 is 5.32 Å². The predicted molar refractivity (Wildman–Crippen MR) is 46.3 cm³/mol. The molecule has 0 aromatic heterocycles. The highest BCUT2D eigenvalue weighted by molar-refractivity contribution is 6.19. The highest BCUT2D eigenvalue weighted by Gasteiger charge is 1.95. The van der Waals surface area contributed by atoms with Crippen molar-refractivity contribution < 1.29 is 4.79 Å². The molecule has 62 valence electrons. The molecule has 1 N–H and O–H groups in total. The molecule has 10 heavy (non-hydrogen) atoms. The zero-order valence-electron chi connectivity index (χ0n) is 5.40. The molecule has 2 nitrogen and oxygen atoms in total. The van der Waals surface area contributed by atoms with Gasteiger partial charge in [-0.25, -0.2) is 0 Å². The summed E-state index contributed by atoms with van der Waals surface area (Å²) in [7, 11) is 0. The molecule has 0 fully saturated rings. The summed E-state index contributed by atoms with van der Waals surface area (Å²) in [6, 6.07) is 0. The lowest BCUT2D eigenvalue weighted by atomic mass is 10.4. The van der Waals surface area contributed by atoms with Gasteiger partial charge in [0.2, 0.25) is 5.91 Å². The average Bonchev–Trinajstić information content (AvgIpc) is 1.85. The first-order valence-electron chi connectivity index (χ1n) is 2.70. The molecule has 5 heteroatoms. The first-order chi connectivity index (χ1) is 4.31. The molecule has 0 saturated heterocycles. The van der Waals surface area contributed by atoms with E-state index < -0.39 is 0 Å². The topological polar surface area (TPSA) is 29.1 Å². The number of rotatable bonds is 4. The summed E-state index contributed by atoms with van der Waals surface area (Å²) in [5.41, 5.74) is 0. The monoisotopic (exact) mass is 205 g/mol. The van der Waals surface area contributed by atoms with Gasteiger partial charge in [0.05, 0.1) is 0 Å². The molecule has 0 saturated carbocycles. The fourth-order valence-corrected chi connectivity index (χ4v) is 0.627. The van der Waals surface area contributed by atoms with E-state index in [9.17, 15) is 4.79 Å². The van der Waals surface area contributed by atoms with Crippen LogP contribution in [0.15, 0.2) is 0 Å². The van der Waals surface area contributed by atoms with Gasteiger partial charge in [-0.1, -0.05) is 0 Å². The van der Waals surface area contributed by atoms with Crippen molar-refractivity contribution in [1.29, 1.82) is 0 Å². The number of carbonyl (C=O) groups is 1. The molecular weight excluding hydrogens is 196 g/mol. The summed E-state index contributed by atoms with van der Waals surface area (Å²) in [6.45, 7) is 0.525. The Kier molecular flexibility index (Phi) is 12.1. The van der Waals surface area contributed by atoms with Gasteiger partial charge in [-0.3, -0.25) is 4.79 Å². The molecule has 0 unspecified atom stereocenters. The lowest BCUT2D eigenvalue weighted by Gasteiger charge is -1.97. The molecule has 0 spiro atoms. The van der Waals surface area contributed by atoms with Gasteiger partial charge in [0.15, 0.2) is 0 Å². The Hall–Kier alpha value is 0.340. The van der Waals surface area contributed by atoms with Gasteiger partial charge in [0.1, 0.15) is 0 Å². The maximum absolute atomic E-state index is 10.5. The molecule has 0 atom stereocenters. The second-order valence-corrected chi connectivity index (χ2v) is 2.23. The molecule has 0 aromatic rings. The number of carbonyl (C=O) groups excluding carboxylic acids is 1. The summed E-state index contributed by atoms with van der Waals surface area (Å²) in [5.74, 6) is 0.785. The molecule has 1 amide bonds. The van der Waals surface area contributed by atoms with Crippen molar-refractivity contribution in [3.8, 4) is 0 Å². The van der Waals surface area contributed by atoms with Gasteiger partial charge in [-0.2, -0.15) is 0 Å². The van der Waals surface area contributed by atoms with E-state index in [1.54, 1.807) is 0 Å². The lowest BCUT2D eigenvalue weighted by molar-refractivity contribution is -0.120. The minimum atomic E-state index is -0.0364. The van der Waals surface area contributed by atoms with Crippen molar-refractivity contribution in [2.45, 2.75) is 6.42 Å². The van der Waals surface area contributed by atoms with Crippen molar-refractivity contribution in [3.63, 3.8) is 0 Å². The Bertz CT molecular complexity index is 89.0. The molecule has 0 radical (unpaired) electrons. The third-order valence-electron chi connectivity index (χ3n) is 0.738. The van der Waals surface area contributed by atoms with Crippen LogP contribution in [-0.2, 0) is 4.79 Å². The Labute approximate surface area is 76.7 Å². The zero-order chi connectivity index (χ0) is 7.11. The molecule has 0 aliphatic heterocycles. The largest absolute Gasteiger partial charge is 0.355 e. The highest BCUT2D eigenvalue weighted by Crippen LogP contribution is 1.83. The summed E-state index contributed by atoms with van der Waals surface area (Å²) in [5, 5.41) is 2.58. The third-order valence-corrected chi connectivity index (χ3v) is 1.12. The van der Waals surface area contributed by atoms with Crippen LogP contribution in [0.3, 0.4) is 0 Å². The van der Waals surface area contributed by atoms with Crippen molar-refractivity contribution in [2.75, 3.05) is 18.3 Å². The van der Waals surface area contributed by atoms with Gasteiger partial charge in [-0.05, 0) is 0 Å². The second kappa shape index (κ2) is 9.34. The van der Waals surface area contributed by atoms with E-state index in [0.717, 1.165) is 0 Å². The van der Waals surface area contributed by atoms with Crippen molar-refractivity contribution in [2.24, 2.45) is 0 Å². The molecule has 0 rings (SSSR count). The van der Waals surface area contributed by atoms with Crippen molar-refractivity contribution in [1.82, 2.24) is 5.32 Å². The molecule has 0 aliphatic carbocycles. The minimum absolute atomic E-state index is 0. The van der Waals surface area contributed by atoms with Crippen LogP contribution in [0.25, 0.3) is 0 Å². The highest BCUT2D eigenvalue weighted by atomic mass is 35.5. The van der Waals surface area contributed by atoms with Crippen LogP contribution in [-0.4, -0.2) is 24.2 Å². The number of amides is 1. The number of hydrogen-bond acceptors (Lipinski definition) is 1. The van der Waals surface area contributed by atoms with Crippen molar-refractivity contribution >= 4 is 41.5 Å². The van der Waals surface area contributed by atoms with Crippen molar-refractivity contribution in [3.05, 3.63) is 0 Å². The van der Waals surface area contributed by atoms with E-state index in [-0.39, 0.29) is 18.3 Å². The SMILES string of the molecule is Cl.O=C(CCCl)NCCCl. The standard InChI is InChI=1S/C5H9Cl2NO.ClH/c6-2-1-5(9)8-4-3-7;/h1-4H2,(H,8,9);1H. The Balaban J connectivity index is 0. The first-order valence-corrected chi connectivity index (χ1v) is 3.76. The molecule has 0 aliphatic rings. The number of nitrogens with one attached hydrogen (secondary N) is 1. The quantitative estimate of drug-likeness (QED) is 0.692. The Morgan fingerprint density at radius 3 is 2.30 bits per heavy atom. The van der Waals surface area contributed by atoms with E-state index in [4.69, 9.17) is 23.2 Å². The van der Waals surface area contributed by atoms with Gasteiger partial charge in [0.25, 0.3) is 0 Å². The van der Waals surface area contributed by atoms with Gasteiger partial charge in [0, 0.05) is 24.7 Å². The fraction of sp³-hybridized carbons (Fsp3) is 0.800. The number of hydrogen-bond donors (Lipinski definition) is 1. The summed E-state index contributed by atoms with van der Waals surface area (Å²) in [4.78, 5) is 10.5. The van der Waals surface area contributed by atoms with E-state index in [0.29, 0.717) is 24.7 Å². The number of halogens is 3. The minimum Gasteiger partial charge on any atom is -0.355 e. The van der Waals surface area contributed by atoms with Crippen LogP contribution < -0.4 is 5.32 Å². The molecule has 0 aromatic carbocycles. The predicted octanol–water partition coefficient (Wildman–Crippen LogP) is 1.39.